The molecule has 1 aliphatic carbocycles. The van der Waals surface area contributed by atoms with Crippen molar-refractivity contribution in [3.05, 3.63) is 47.9 Å². The number of fused-ring (bicyclic) bond motifs is 2. The van der Waals surface area contributed by atoms with E-state index in [0.29, 0.717) is 45.6 Å². The van der Waals surface area contributed by atoms with Crippen molar-refractivity contribution in [2.24, 2.45) is 17.3 Å². The second-order valence-corrected chi connectivity index (χ2v) is 13.7. The van der Waals surface area contributed by atoms with Gasteiger partial charge in [0.05, 0.1) is 29.6 Å². The predicted molar refractivity (Wildman–Crippen MR) is 167 cm³/mol. The van der Waals surface area contributed by atoms with Gasteiger partial charge in [-0.2, -0.15) is 14.6 Å². The third-order valence-electron chi connectivity index (χ3n) is 9.86. The molecule has 4 aliphatic rings. The summed E-state index contributed by atoms with van der Waals surface area (Å²) in [7, 11) is 0. The zero-order chi connectivity index (χ0) is 30.9. The van der Waals surface area contributed by atoms with Crippen LogP contribution in [0.1, 0.15) is 60.7 Å². The van der Waals surface area contributed by atoms with Crippen LogP contribution in [0.4, 0.5) is 11.6 Å². The summed E-state index contributed by atoms with van der Waals surface area (Å²) in [5.41, 5.74) is 4.55. The Hall–Kier alpha value is -4.52. The molecule has 1 spiro atoms. The molecule has 2 atom stereocenters. The lowest BCUT2D eigenvalue weighted by atomic mass is 9.57. The molecule has 0 bridgehead atoms. The number of rotatable bonds is 8. The minimum Gasteiger partial charge on any atom is -0.473 e. The summed E-state index contributed by atoms with van der Waals surface area (Å²) in [6.45, 7) is 11.6. The Morgan fingerprint density at radius 2 is 1.96 bits per heavy atom. The summed E-state index contributed by atoms with van der Waals surface area (Å²) < 4.78 is 7.88. The fraction of sp³-hybridized carbons (Fsp3) is 0.500. The minimum absolute atomic E-state index is 0.0519. The summed E-state index contributed by atoms with van der Waals surface area (Å²) >= 11 is 0. The number of carbonyl (C=O) groups excluding carboxylic acids is 2. The first-order chi connectivity index (χ1) is 21.7. The highest BCUT2D eigenvalue weighted by Gasteiger charge is 2.52. The van der Waals surface area contributed by atoms with Crippen LogP contribution in [0.5, 0.6) is 5.88 Å². The van der Waals surface area contributed by atoms with Gasteiger partial charge in [0.25, 0.3) is 11.8 Å². The second-order valence-electron chi connectivity index (χ2n) is 13.7. The average Bonchev–Trinajstić information content (AvgIpc) is 3.70. The van der Waals surface area contributed by atoms with Gasteiger partial charge in [-0.3, -0.25) is 20.0 Å². The van der Waals surface area contributed by atoms with Crippen molar-refractivity contribution in [3.8, 4) is 17.1 Å². The molecule has 13 heteroatoms. The van der Waals surface area contributed by atoms with Crippen LogP contribution in [0.2, 0.25) is 0 Å². The van der Waals surface area contributed by atoms with Crippen LogP contribution in [-0.2, 0) is 0 Å². The lowest BCUT2D eigenvalue weighted by Crippen LogP contribution is -2.63. The number of aromatic amines is 1. The third kappa shape index (κ3) is 4.98. The van der Waals surface area contributed by atoms with Crippen molar-refractivity contribution < 1.29 is 14.3 Å². The fourth-order valence-corrected chi connectivity index (χ4v) is 7.80. The molecule has 0 radical (unpaired) electrons. The van der Waals surface area contributed by atoms with Crippen LogP contribution in [0.25, 0.3) is 16.9 Å². The predicted octanol–water partition coefficient (Wildman–Crippen LogP) is 3.22. The minimum atomic E-state index is -0.298. The van der Waals surface area contributed by atoms with Gasteiger partial charge in [0.2, 0.25) is 11.8 Å². The van der Waals surface area contributed by atoms with Crippen molar-refractivity contribution in [1.29, 1.82) is 0 Å². The van der Waals surface area contributed by atoms with Crippen molar-refractivity contribution in [2.75, 3.05) is 42.9 Å². The summed E-state index contributed by atoms with van der Waals surface area (Å²) in [6, 6.07) is 5.90. The molecule has 1 saturated carbocycles. The van der Waals surface area contributed by atoms with Crippen LogP contribution < -0.4 is 20.3 Å². The van der Waals surface area contributed by atoms with E-state index in [2.05, 4.69) is 42.5 Å². The van der Waals surface area contributed by atoms with E-state index in [-0.39, 0.29) is 24.0 Å². The first kappa shape index (κ1) is 28.0. The van der Waals surface area contributed by atoms with E-state index in [1.165, 1.54) is 12.8 Å². The number of likely N-dealkylation sites (tertiary alicyclic amines) is 1. The number of nitrogens with one attached hydrogen (secondary N) is 3. The first-order valence-electron chi connectivity index (χ1n) is 15.9. The Balaban J connectivity index is 0.849. The number of imide groups is 1. The highest BCUT2D eigenvalue weighted by molar-refractivity contribution is 6.21. The molecule has 3 aromatic heterocycles. The summed E-state index contributed by atoms with van der Waals surface area (Å²) in [5.74, 6) is 1.73. The molecule has 6 heterocycles. The topological polar surface area (TPSA) is 146 Å². The first-order valence-corrected chi connectivity index (χ1v) is 15.9. The normalized spacial score (nSPS) is 22.9. The Labute approximate surface area is 260 Å². The van der Waals surface area contributed by atoms with E-state index < -0.39 is 0 Å². The van der Waals surface area contributed by atoms with Gasteiger partial charge >= 0.3 is 0 Å². The number of H-pyrrole nitrogens is 1. The van der Waals surface area contributed by atoms with Gasteiger partial charge in [0, 0.05) is 61.6 Å². The number of hydrogen-bond donors (Lipinski definition) is 3. The maximum absolute atomic E-state index is 12.1. The summed E-state index contributed by atoms with van der Waals surface area (Å²) in [5, 5.41) is 17.7. The van der Waals surface area contributed by atoms with Crippen molar-refractivity contribution in [1.82, 2.24) is 40.0 Å². The Kier molecular flexibility index (Phi) is 6.55. The third-order valence-corrected chi connectivity index (χ3v) is 9.86. The smallest absolute Gasteiger partial charge is 0.259 e. The van der Waals surface area contributed by atoms with Gasteiger partial charge in [-0.15, -0.1) is 5.10 Å². The maximum atomic E-state index is 12.1. The Bertz CT molecular complexity index is 1770. The highest BCUT2D eigenvalue weighted by atomic mass is 16.5. The summed E-state index contributed by atoms with van der Waals surface area (Å²) in [6.07, 6.45) is 8.72. The van der Waals surface area contributed by atoms with Gasteiger partial charge < -0.3 is 19.9 Å². The molecule has 45 heavy (non-hydrogen) atoms. The number of anilines is 2. The SMILES string of the molecule is CC(C)Oc1c(-c2cn[nH]c2)ncc2nc(N[C@H]3CCN(CC4CC5(C4)CN(c4ccc6c(c4)C(=O)NC6=O)C5)C[C@H]3C)nn12. The average molecular weight is 611 g/mol. The van der Waals surface area contributed by atoms with E-state index in [9.17, 15) is 9.59 Å². The van der Waals surface area contributed by atoms with Gasteiger partial charge in [0.1, 0.15) is 5.69 Å². The molecule has 4 aromatic rings. The van der Waals surface area contributed by atoms with Gasteiger partial charge in [-0.1, -0.05) is 6.92 Å². The molecule has 3 N–H and O–H groups in total. The number of hydrogen-bond acceptors (Lipinski definition) is 10. The summed E-state index contributed by atoms with van der Waals surface area (Å²) in [4.78, 5) is 38.2. The molecule has 2 saturated heterocycles. The van der Waals surface area contributed by atoms with Crippen LogP contribution in [0, 0.1) is 17.3 Å². The molecule has 3 fully saturated rings. The molecular weight excluding hydrogens is 572 g/mol. The molecule has 1 aromatic carbocycles. The number of amides is 2. The quantitative estimate of drug-likeness (QED) is 0.254. The molecule has 234 valence electrons. The van der Waals surface area contributed by atoms with Crippen LogP contribution in [0.3, 0.4) is 0 Å². The molecule has 8 rings (SSSR count). The number of aromatic nitrogens is 6. The van der Waals surface area contributed by atoms with Crippen LogP contribution in [0.15, 0.2) is 36.8 Å². The number of piperidine rings is 1. The van der Waals surface area contributed by atoms with Crippen molar-refractivity contribution in [3.63, 3.8) is 0 Å². The Morgan fingerprint density at radius 3 is 2.71 bits per heavy atom. The van der Waals surface area contributed by atoms with Crippen LogP contribution >= 0.6 is 0 Å². The number of benzene rings is 1. The van der Waals surface area contributed by atoms with Gasteiger partial charge in [-0.25, -0.2) is 4.98 Å². The standard InChI is InChI=1S/C32H38N10O3/c1-18(2)45-30-27(21-11-34-35-12-21)33-13-26-37-31(39-42(26)30)36-25-6-7-40(14-19(25)3)15-20-9-32(10-20)16-41(17-32)22-4-5-23-24(8-22)29(44)38-28(23)43/h4-5,8,11-13,18-20,25H,6-7,9-10,14-17H2,1-3H3,(H,34,35)(H,36,39)(H,38,43,44)/t19-,25+/m1/s1. The number of nitrogens with zero attached hydrogens (tertiary/aromatic N) is 7. The monoisotopic (exact) mass is 610 g/mol. The van der Waals surface area contributed by atoms with Gasteiger partial charge in [0.15, 0.2) is 5.65 Å². The van der Waals surface area contributed by atoms with Crippen molar-refractivity contribution in [2.45, 2.75) is 52.2 Å². The van der Waals surface area contributed by atoms with Crippen molar-refractivity contribution >= 4 is 29.1 Å². The lowest BCUT2D eigenvalue weighted by molar-refractivity contribution is -0.00303. The second kappa shape index (κ2) is 10.5. The van der Waals surface area contributed by atoms with Crippen LogP contribution in [-0.4, -0.2) is 91.4 Å². The lowest BCUT2D eigenvalue weighted by Gasteiger charge is -2.60. The van der Waals surface area contributed by atoms with E-state index in [4.69, 9.17) is 14.8 Å². The van der Waals surface area contributed by atoms with E-state index >= 15 is 0 Å². The zero-order valence-electron chi connectivity index (χ0n) is 25.8. The molecular formula is C32H38N10O3. The van der Waals surface area contributed by atoms with E-state index in [0.717, 1.165) is 56.3 Å². The molecule has 13 nitrogen and oxygen atoms in total. The Morgan fingerprint density at radius 1 is 1.13 bits per heavy atom. The zero-order valence-corrected chi connectivity index (χ0v) is 25.8. The number of carbonyl (C=O) groups is 2. The fourth-order valence-electron chi connectivity index (χ4n) is 7.80. The largest absolute Gasteiger partial charge is 0.473 e. The maximum Gasteiger partial charge on any atom is 0.259 e. The number of ether oxygens (including phenoxy) is 1. The van der Waals surface area contributed by atoms with Gasteiger partial charge in [-0.05, 0) is 63.1 Å². The van der Waals surface area contributed by atoms with E-state index in [1.54, 1.807) is 29.2 Å². The molecule has 0 unspecified atom stereocenters. The molecule has 2 amide bonds. The molecule has 3 aliphatic heterocycles. The highest BCUT2D eigenvalue weighted by Crippen LogP contribution is 2.53. The van der Waals surface area contributed by atoms with E-state index in [1.807, 2.05) is 26.0 Å².